The molecule has 2 heterocycles. The number of nitrogens with one attached hydrogen (secondary N) is 1. The fourth-order valence-corrected chi connectivity index (χ4v) is 1.67. The fourth-order valence-electron chi connectivity index (χ4n) is 1.67. The average molecular weight is 178 g/mol. The number of Topliss-reactive ketones (excluding diaryl/α,β-unsaturated/α-hetero) is 1. The van der Waals surface area contributed by atoms with Crippen LogP contribution in [0.5, 0.6) is 0 Å². The summed E-state index contributed by atoms with van der Waals surface area (Å²) in [5, 5.41) is 3.21. The van der Waals surface area contributed by atoms with E-state index in [0.717, 1.165) is 19.6 Å². The van der Waals surface area contributed by atoms with Crippen molar-refractivity contribution in [2.45, 2.75) is 18.4 Å². The quantitative estimate of drug-likeness (QED) is 0.572. The molecule has 2 fully saturated rings. The molecule has 0 aromatic carbocycles. The van der Waals surface area contributed by atoms with E-state index in [2.05, 4.69) is 5.32 Å². The highest BCUT2D eigenvalue weighted by molar-refractivity contribution is 5.85. The summed E-state index contributed by atoms with van der Waals surface area (Å²) in [6, 6.07) is 0. The second-order valence-corrected chi connectivity index (χ2v) is 3.15. The molecule has 2 saturated heterocycles. The van der Waals surface area contributed by atoms with E-state index in [9.17, 15) is 4.79 Å². The Labute approximate surface area is 71.9 Å². The van der Waals surface area contributed by atoms with E-state index in [0.29, 0.717) is 18.7 Å². The third-order valence-electron chi connectivity index (χ3n) is 2.30. The molecule has 2 aliphatic rings. The minimum absolute atomic E-state index is 0. The third-order valence-corrected chi connectivity index (χ3v) is 2.30. The zero-order chi connectivity index (χ0) is 7.03. The highest BCUT2D eigenvalue weighted by Gasteiger charge is 2.40. The Hall–Kier alpha value is -0.120. The lowest BCUT2D eigenvalue weighted by molar-refractivity contribution is -0.116. The molecule has 1 atom stereocenters. The SMILES string of the molecule is Cl.O=C1CNC2(CCOC2)C1. The van der Waals surface area contributed by atoms with Gasteiger partial charge in [-0.05, 0) is 6.42 Å². The third kappa shape index (κ3) is 1.55. The summed E-state index contributed by atoms with van der Waals surface area (Å²) in [6.45, 7) is 2.07. The first-order valence-corrected chi connectivity index (χ1v) is 3.65. The van der Waals surface area contributed by atoms with Gasteiger partial charge in [0.1, 0.15) is 5.78 Å². The van der Waals surface area contributed by atoms with Crippen LogP contribution in [0.4, 0.5) is 0 Å². The standard InChI is InChI=1S/C7H11NO2.ClH/c9-6-3-7(8-4-6)1-2-10-5-7;/h8H,1-5H2;1H. The molecular weight excluding hydrogens is 166 g/mol. The number of ketones is 1. The average Bonchev–Trinajstić information content (AvgIpc) is 2.46. The Bertz CT molecular complexity index is 166. The summed E-state index contributed by atoms with van der Waals surface area (Å²) in [7, 11) is 0. The van der Waals surface area contributed by atoms with E-state index in [1.807, 2.05) is 0 Å². The van der Waals surface area contributed by atoms with Crippen LogP contribution in [-0.4, -0.2) is 31.1 Å². The van der Waals surface area contributed by atoms with E-state index in [-0.39, 0.29) is 17.9 Å². The molecule has 2 rings (SSSR count). The van der Waals surface area contributed by atoms with Gasteiger partial charge in [0.25, 0.3) is 0 Å². The maximum absolute atomic E-state index is 10.9. The van der Waals surface area contributed by atoms with Crippen LogP contribution in [0, 0.1) is 0 Å². The van der Waals surface area contributed by atoms with Crippen LogP contribution in [0.2, 0.25) is 0 Å². The number of ether oxygens (including phenoxy) is 1. The van der Waals surface area contributed by atoms with Gasteiger partial charge in [0.2, 0.25) is 0 Å². The van der Waals surface area contributed by atoms with Crippen molar-refractivity contribution in [1.29, 1.82) is 0 Å². The van der Waals surface area contributed by atoms with Gasteiger partial charge in [0.15, 0.2) is 0 Å². The Morgan fingerprint density at radius 2 is 2.36 bits per heavy atom. The fraction of sp³-hybridized carbons (Fsp3) is 0.857. The normalized spacial score (nSPS) is 36.2. The van der Waals surface area contributed by atoms with E-state index in [4.69, 9.17) is 4.74 Å². The van der Waals surface area contributed by atoms with Crippen LogP contribution in [0.1, 0.15) is 12.8 Å². The first kappa shape index (κ1) is 8.97. The van der Waals surface area contributed by atoms with Crippen LogP contribution in [-0.2, 0) is 9.53 Å². The Balaban J connectivity index is 0.000000605. The van der Waals surface area contributed by atoms with Crippen molar-refractivity contribution in [3.63, 3.8) is 0 Å². The molecule has 11 heavy (non-hydrogen) atoms. The Morgan fingerprint density at radius 3 is 2.82 bits per heavy atom. The molecule has 2 aliphatic heterocycles. The molecule has 3 nitrogen and oxygen atoms in total. The Kier molecular flexibility index (Phi) is 2.52. The molecule has 64 valence electrons. The number of hydrogen-bond acceptors (Lipinski definition) is 3. The van der Waals surface area contributed by atoms with Gasteiger partial charge in [-0.2, -0.15) is 0 Å². The monoisotopic (exact) mass is 177 g/mol. The van der Waals surface area contributed by atoms with Crippen molar-refractivity contribution in [2.24, 2.45) is 0 Å². The molecule has 0 amide bonds. The van der Waals surface area contributed by atoms with E-state index >= 15 is 0 Å². The molecule has 0 aliphatic carbocycles. The Morgan fingerprint density at radius 1 is 1.55 bits per heavy atom. The summed E-state index contributed by atoms with van der Waals surface area (Å²) in [4.78, 5) is 10.9. The van der Waals surface area contributed by atoms with Crippen LogP contribution >= 0.6 is 12.4 Å². The van der Waals surface area contributed by atoms with Crippen LogP contribution < -0.4 is 5.32 Å². The minimum Gasteiger partial charge on any atom is -0.379 e. The number of hydrogen-bond donors (Lipinski definition) is 1. The highest BCUT2D eigenvalue weighted by Crippen LogP contribution is 2.26. The minimum atomic E-state index is 0. The van der Waals surface area contributed by atoms with Crippen LogP contribution in [0.3, 0.4) is 0 Å². The van der Waals surface area contributed by atoms with Crippen LogP contribution in [0.25, 0.3) is 0 Å². The summed E-state index contributed by atoms with van der Waals surface area (Å²) in [6.07, 6.45) is 1.67. The van der Waals surface area contributed by atoms with Crippen molar-refractivity contribution in [2.75, 3.05) is 19.8 Å². The molecular formula is C7H12ClNO2. The van der Waals surface area contributed by atoms with E-state index in [1.54, 1.807) is 0 Å². The lowest BCUT2D eigenvalue weighted by Crippen LogP contribution is -2.39. The molecule has 1 spiro atoms. The van der Waals surface area contributed by atoms with Gasteiger partial charge in [-0.15, -0.1) is 12.4 Å². The lowest BCUT2D eigenvalue weighted by atomic mass is 9.97. The van der Waals surface area contributed by atoms with Crippen molar-refractivity contribution < 1.29 is 9.53 Å². The summed E-state index contributed by atoms with van der Waals surface area (Å²) in [5.74, 6) is 0.325. The molecule has 0 radical (unpaired) electrons. The van der Waals surface area contributed by atoms with Gasteiger partial charge in [-0.25, -0.2) is 0 Å². The van der Waals surface area contributed by atoms with Gasteiger partial charge in [0, 0.05) is 13.0 Å². The number of carbonyl (C=O) groups excluding carboxylic acids is 1. The molecule has 0 bridgehead atoms. The largest absolute Gasteiger partial charge is 0.379 e. The highest BCUT2D eigenvalue weighted by atomic mass is 35.5. The summed E-state index contributed by atoms with van der Waals surface area (Å²) < 4.78 is 5.22. The predicted octanol–water partition coefficient (Wildman–Crippen LogP) is 0.130. The van der Waals surface area contributed by atoms with Gasteiger partial charge < -0.3 is 10.1 Å². The maximum atomic E-state index is 10.9. The molecule has 0 aromatic heterocycles. The molecule has 1 N–H and O–H groups in total. The smallest absolute Gasteiger partial charge is 0.148 e. The van der Waals surface area contributed by atoms with Crippen molar-refractivity contribution in [3.8, 4) is 0 Å². The number of carbonyl (C=O) groups is 1. The number of rotatable bonds is 0. The van der Waals surface area contributed by atoms with Gasteiger partial charge in [0.05, 0.1) is 18.7 Å². The lowest BCUT2D eigenvalue weighted by Gasteiger charge is -2.18. The maximum Gasteiger partial charge on any atom is 0.148 e. The number of halogens is 1. The zero-order valence-corrected chi connectivity index (χ0v) is 7.08. The molecule has 1 unspecified atom stereocenters. The predicted molar refractivity (Wildman–Crippen MR) is 43.0 cm³/mol. The van der Waals surface area contributed by atoms with Crippen molar-refractivity contribution in [3.05, 3.63) is 0 Å². The first-order chi connectivity index (χ1) is 4.81. The van der Waals surface area contributed by atoms with Crippen molar-refractivity contribution in [1.82, 2.24) is 5.32 Å². The molecule has 0 saturated carbocycles. The summed E-state index contributed by atoms with van der Waals surface area (Å²) in [5.41, 5.74) is 0.0388. The van der Waals surface area contributed by atoms with Gasteiger partial charge in [-0.3, -0.25) is 4.79 Å². The van der Waals surface area contributed by atoms with E-state index in [1.165, 1.54) is 0 Å². The molecule has 4 heteroatoms. The second-order valence-electron chi connectivity index (χ2n) is 3.15. The first-order valence-electron chi connectivity index (χ1n) is 3.65. The van der Waals surface area contributed by atoms with Crippen molar-refractivity contribution >= 4 is 18.2 Å². The topological polar surface area (TPSA) is 38.3 Å². The van der Waals surface area contributed by atoms with Gasteiger partial charge >= 0.3 is 0 Å². The summed E-state index contributed by atoms with van der Waals surface area (Å²) >= 11 is 0. The van der Waals surface area contributed by atoms with E-state index < -0.39 is 0 Å². The zero-order valence-electron chi connectivity index (χ0n) is 6.26. The van der Waals surface area contributed by atoms with Gasteiger partial charge in [-0.1, -0.05) is 0 Å². The second kappa shape index (κ2) is 3.09. The molecule has 0 aromatic rings. The van der Waals surface area contributed by atoms with Crippen LogP contribution in [0.15, 0.2) is 0 Å².